The molecule has 1 aliphatic rings. The van der Waals surface area contributed by atoms with Crippen LogP contribution in [0.1, 0.15) is 46.0 Å². The molecule has 0 bridgehead atoms. The molecule has 0 aromatic carbocycles. The van der Waals surface area contributed by atoms with Gasteiger partial charge in [-0.25, -0.2) is 0 Å². The Morgan fingerprint density at radius 2 is 1.82 bits per heavy atom. The maximum atomic E-state index is 2.38. The first-order chi connectivity index (χ1) is 5.36. The second kappa shape index (κ2) is 4.58. The Labute approximate surface area is 70.7 Å². The van der Waals surface area contributed by atoms with E-state index in [1.54, 1.807) is 0 Å². The lowest BCUT2D eigenvalue weighted by Gasteiger charge is -2.25. The predicted molar refractivity (Wildman–Crippen MR) is 50.6 cm³/mol. The quantitative estimate of drug-likeness (QED) is 0.528. The fraction of sp³-hybridized carbons (Fsp3) is 0.818. The third-order valence-corrected chi connectivity index (χ3v) is 2.93. The van der Waals surface area contributed by atoms with Gasteiger partial charge in [-0.05, 0) is 44.4 Å². The highest BCUT2D eigenvalue weighted by Crippen LogP contribution is 2.30. The van der Waals surface area contributed by atoms with E-state index in [0.717, 1.165) is 11.8 Å². The zero-order valence-corrected chi connectivity index (χ0v) is 7.84. The van der Waals surface area contributed by atoms with Gasteiger partial charge < -0.3 is 0 Å². The molecule has 0 aliphatic heterocycles. The molecule has 0 unspecified atom stereocenters. The number of rotatable bonds is 2. The average Bonchev–Trinajstić information content (AvgIpc) is 2.07. The molecule has 64 valence electrons. The molecular weight excluding hydrogens is 132 g/mol. The lowest BCUT2D eigenvalue weighted by molar-refractivity contribution is 0.303. The van der Waals surface area contributed by atoms with Crippen LogP contribution in [0.15, 0.2) is 12.2 Å². The van der Waals surface area contributed by atoms with Crippen LogP contribution in [0.25, 0.3) is 0 Å². The third kappa shape index (κ3) is 2.69. The topological polar surface area (TPSA) is 0 Å². The van der Waals surface area contributed by atoms with Gasteiger partial charge in [0.25, 0.3) is 0 Å². The van der Waals surface area contributed by atoms with Gasteiger partial charge in [-0.1, -0.05) is 25.5 Å². The summed E-state index contributed by atoms with van der Waals surface area (Å²) in [5, 5.41) is 0. The lowest BCUT2D eigenvalue weighted by Crippen LogP contribution is -2.11. The monoisotopic (exact) mass is 152 g/mol. The summed E-state index contributed by atoms with van der Waals surface area (Å²) in [6.45, 7) is 4.45. The molecule has 0 atom stereocenters. The van der Waals surface area contributed by atoms with Gasteiger partial charge in [0.15, 0.2) is 0 Å². The van der Waals surface area contributed by atoms with Crippen molar-refractivity contribution in [3.05, 3.63) is 12.2 Å². The van der Waals surface area contributed by atoms with Crippen molar-refractivity contribution in [1.82, 2.24) is 0 Å². The molecule has 0 nitrogen and oxygen atoms in total. The van der Waals surface area contributed by atoms with Crippen molar-refractivity contribution in [2.45, 2.75) is 46.0 Å². The molecular formula is C11H20. The van der Waals surface area contributed by atoms with Crippen molar-refractivity contribution in [3.63, 3.8) is 0 Å². The normalized spacial score (nSPS) is 32.9. The van der Waals surface area contributed by atoms with Crippen molar-refractivity contribution in [3.8, 4) is 0 Å². The molecule has 1 aliphatic carbocycles. The molecule has 0 heterocycles. The van der Waals surface area contributed by atoms with Gasteiger partial charge in [0.05, 0.1) is 0 Å². The van der Waals surface area contributed by atoms with Gasteiger partial charge in [0.1, 0.15) is 0 Å². The van der Waals surface area contributed by atoms with Crippen LogP contribution in [0.2, 0.25) is 0 Å². The minimum Gasteiger partial charge on any atom is -0.0914 e. The molecule has 0 heteroatoms. The molecule has 0 N–H and O–H groups in total. The first-order valence-corrected chi connectivity index (χ1v) is 4.99. The van der Waals surface area contributed by atoms with Crippen LogP contribution in [-0.4, -0.2) is 0 Å². The van der Waals surface area contributed by atoms with Crippen LogP contribution in [-0.2, 0) is 0 Å². The average molecular weight is 152 g/mol. The lowest BCUT2D eigenvalue weighted by atomic mass is 9.81. The summed E-state index contributed by atoms with van der Waals surface area (Å²) < 4.78 is 0. The third-order valence-electron chi connectivity index (χ3n) is 2.93. The Morgan fingerprint density at radius 3 is 2.27 bits per heavy atom. The smallest absolute Gasteiger partial charge is 0.0233 e. The molecule has 1 fully saturated rings. The van der Waals surface area contributed by atoms with E-state index < -0.39 is 0 Å². The fourth-order valence-electron chi connectivity index (χ4n) is 2.06. The Kier molecular flexibility index (Phi) is 3.68. The maximum Gasteiger partial charge on any atom is -0.0233 e. The highest BCUT2D eigenvalue weighted by molar-refractivity contribution is 4.88. The first-order valence-electron chi connectivity index (χ1n) is 4.99. The number of hydrogen-bond donors (Lipinski definition) is 0. The standard InChI is InChI=1S/C11H20/c1-3-5-11-8-6-10(4-2)7-9-11/h3,5,10-11H,4,6-9H2,1-2H3/b5-3+. The van der Waals surface area contributed by atoms with Gasteiger partial charge in [-0.15, -0.1) is 0 Å². The first kappa shape index (κ1) is 8.83. The van der Waals surface area contributed by atoms with Gasteiger partial charge in [-0.3, -0.25) is 0 Å². The summed E-state index contributed by atoms with van der Waals surface area (Å²) in [7, 11) is 0. The van der Waals surface area contributed by atoms with E-state index in [4.69, 9.17) is 0 Å². The zero-order valence-electron chi connectivity index (χ0n) is 7.84. The summed E-state index contributed by atoms with van der Waals surface area (Å²) in [5.74, 6) is 1.94. The number of hydrogen-bond acceptors (Lipinski definition) is 0. The van der Waals surface area contributed by atoms with E-state index in [2.05, 4.69) is 26.0 Å². The van der Waals surface area contributed by atoms with Crippen molar-refractivity contribution < 1.29 is 0 Å². The van der Waals surface area contributed by atoms with E-state index in [1.807, 2.05) is 0 Å². The zero-order chi connectivity index (χ0) is 8.10. The van der Waals surface area contributed by atoms with Crippen LogP contribution < -0.4 is 0 Å². The van der Waals surface area contributed by atoms with Gasteiger partial charge in [0, 0.05) is 0 Å². The Morgan fingerprint density at radius 1 is 1.18 bits per heavy atom. The second-order valence-electron chi connectivity index (χ2n) is 3.71. The Balaban J connectivity index is 2.24. The van der Waals surface area contributed by atoms with Crippen molar-refractivity contribution in [2.75, 3.05) is 0 Å². The van der Waals surface area contributed by atoms with Crippen molar-refractivity contribution in [1.29, 1.82) is 0 Å². The molecule has 1 rings (SSSR count). The summed E-state index contributed by atoms with van der Waals surface area (Å²) in [5.41, 5.74) is 0. The van der Waals surface area contributed by atoms with E-state index in [9.17, 15) is 0 Å². The Bertz CT molecular complexity index is 116. The second-order valence-corrected chi connectivity index (χ2v) is 3.71. The summed E-state index contributed by atoms with van der Waals surface area (Å²) in [4.78, 5) is 0. The highest BCUT2D eigenvalue weighted by Gasteiger charge is 2.17. The SMILES string of the molecule is C/C=C/C1CCC(CC)CC1. The summed E-state index contributed by atoms with van der Waals surface area (Å²) in [6.07, 6.45) is 11.8. The summed E-state index contributed by atoms with van der Waals surface area (Å²) in [6, 6.07) is 0. The van der Waals surface area contributed by atoms with E-state index >= 15 is 0 Å². The molecule has 0 aromatic rings. The van der Waals surface area contributed by atoms with Crippen LogP contribution >= 0.6 is 0 Å². The van der Waals surface area contributed by atoms with E-state index in [1.165, 1.54) is 32.1 Å². The molecule has 0 radical (unpaired) electrons. The maximum absolute atomic E-state index is 2.38. The molecule has 0 amide bonds. The Hall–Kier alpha value is -0.260. The van der Waals surface area contributed by atoms with Crippen molar-refractivity contribution in [2.24, 2.45) is 11.8 Å². The van der Waals surface area contributed by atoms with E-state index in [-0.39, 0.29) is 0 Å². The largest absolute Gasteiger partial charge is 0.0914 e. The molecule has 0 spiro atoms. The predicted octanol–water partition coefficient (Wildman–Crippen LogP) is 3.78. The summed E-state index contributed by atoms with van der Waals surface area (Å²) >= 11 is 0. The minimum absolute atomic E-state index is 0.905. The van der Waals surface area contributed by atoms with E-state index in [0.29, 0.717) is 0 Å². The highest BCUT2D eigenvalue weighted by atomic mass is 14.2. The van der Waals surface area contributed by atoms with Crippen LogP contribution in [0, 0.1) is 11.8 Å². The van der Waals surface area contributed by atoms with Crippen LogP contribution in [0.4, 0.5) is 0 Å². The molecule has 0 aromatic heterocycles. The van der Waals surface area contributed by atoms with Crippen LogP contribution in [0.5, 0.6) is 0 Å². The van der Waals surface area contributed by atoms with Crippen molar-refractivity contribution >= 4 is 0 Å². The van der Waals surface area contributed by atoms with Crippen LogP contribution in [0.3, 0.4) is 0 Å². The number of allylic oxidation sites excluding steroid dienone is 2. The molecule has 0 saturated heterocycles. The van der Waals surface area contributed by atoms with Gasteiger partial charge >= 0.3 is 0 Å². The van der Waals surface area contributed by atoms with Gasteiger partial charge in [-0.2, -0.15) is 0 Å². The van der Waals surface area contributed by atoms with Gasteiger partial charge in [0.2, 0.25) is 0 Å². The minimum atomic E-state index is 0.905. The molecule has 1 saturated carbocycles. The molecule has 11 heavy (non-hydrogen) atoms. The fourth-order valence-corrected chi connectivity index (χ4v) is 2.06.